The van der Waals surface area contributed by atoms with Gasteiger partial charge in [0.2, 0.25) is 0 Å². The zero-order valence-electron chi connectivity index (χ0n) is 17.7. The second-order valence-electron chi connectivity index (χ2n) is 8.72. The number of hydrogen-bond donors (Lipinski definition) is 1. The van der Waals surface area contributed by atoms with Gasteiger partial charge < -0.3 is 14.9 Å². The highest BCUT2D eigenvalue weighted by Gasteiger charge is 2.27. The Kier molecular flexibility index (Phi) is 5.30. The molecule has 2 saturated heterocycles. The van der Waals surface area contributed by atoms with Gasteiger partial charge in [0, 0.05) is 24.5 Å². The normalized spacial score (nSPS) is 18.8. The third kappa shape index (κ3) is 3.74. The van der Waals surface area contributed by atoms with E-state index in [0.717, 1.165) is 29.8 Å². The Morgan fingerprint density at radius 2 is 1.67 bits per heavy atom. The minimum Gasteiger partial charge on any atom is -0.507 e. The van der Waals surface area contributed by atoms with E-state index in [-0.39, 0.29) is 5.75 Å². The van der Waals surface area contributed by atoms with E-state index in [1.807, 2.05) is 18.2 Å². The van der Waals surface area contributed by atoms with Crippen LogP contribution in [-0.4, -0.2) is 52.2 Å². The molecule has 2 aromatic carbocycles. The summed E-state index contributed by atoms with van der Waals surface area (Å²) < 4.78 is 0. The number of likely N-dealkylation sites (tertiary alicyclic amines) is 1. The van der Waals surface area contributed by atoms with Crippen LogP contribution < -0.4 is 4.90 Å². The Morgan fingerprint density at radius 3 is 2.43 bits per heavy atom. The monoisotopic (exact) mass is 402 g/mol. The average Bonchev–Trinajstić information content (AvgIpc) is 2.79. The first-order valence-electron chi connectivity index (χ1n) is 11.2. The van der Waals surface area contributed by atoms with Gasteiger partial charge in [-0.05, 0) is 75.5 Å². The number of aryl methyl sites for hydroxylation is 1. The molecule has 5 rings (SSSR count). The van der Waals surface area contributed by atoms with Crippen molar-refractivity contribution in [1.29, 1.82) is 0 Å². The average molecular weight is 403 g/mol. The number of rotatable bonds is 3. The number of phenolic OH excluding ortho intramolecular Hbond substituents is 1. The number of anilines is 1. The standard InChI is InChI=1S/C25H30N4O/c1-18-9-10-20-22(17-18)26-24(21-7-3-4-8-23(21)30)27-25(20)29-15-11-19(12-16-29)28-13-5-2-6-14-28/h3-4,7-10,17,19,30H,2,5-6,11-16H2,1H3. The maximum Gasteiger partial charge on any atom is 0.165 e. The van der Waals surface area contributed by atoms with Crippen molar-refractivity contribution in [2.45, 2.75) is 45.1 Å². The molecule has 5 nitrogen and oxygen atoms in total. The summed E-state index contributed by atoms with van der Waals surface area (Å²) in [6, 6.07) is 14.4. The first-order valence-corrected chi connectivity index (χ1v) is 11.2. The maximum absolute atomic E-state index is 10.4. The van der Waals surface area contributed by atoms with Gasteiger partial charge in [0.25, 0.3) is 0 Å². The topological polar surface area (TPSA) is 52.5 Å². The number of nitrogens with zero attached hydrogens (tertiary/aromatic N) is 4. The quantitative estimate of drug-likeness (QED) is 0.684. The summed E-state index contributed by atoms with van der Waals surface area (Å²) in [5, 5.41) is 11.5. The van der Waals surface area contributed by atoms with Crippen molar-refractivity contribution >= 4 is 16.7 Å². The minimum atomic E-state index is 0.222. The second-order valence-corrected chi connectivity index (χ2v) is 8.72. The van der Waals surface area contributed by atoms with Crippen LogP contribution in [0.1, 0.15) is 37.7 Å². The maximum atomic E-state index is 10.4. The molecule has 0 radical (unpaired) electrons. The Labute approximate surface area is 178 Å². The Balaban J connectivity index is 1.48. The van der Waals surface area contributed by atoms with Crippen LogP contribution >= 0.6 is 0 Å². The molecule has 156 valence electrons. The predicted octanol–water partition coefficient (Wildman–Crippen LogP) is 4.77. The van der Waals surface area contributed by atoms with E-state index in [1.54, 1.807) is 6.07 Å². The summed E-state index contributed by atoms with van der Waals surface area (Å²) in [6.07, 6.45) is 6.45. The summed E-state index contributed by atoms with van der Waals surface area (Å²) in [4.78, 5) is 14.9. The van der Waals surface area contributed by atoms with Gasteiger partial charge in [-0.2, -0.15) is 0 Å². The SMILES string of the molecule is Cc1ccc2c(N3CCC(N4CCCCC4)CC3)nc(-c3ccccc3O)nc2c1. The largest absolute Gasteiger partial charge is 0.507 e. The lowest BCUT2D eigenvalue weighted by molar-refractivity contribution is 0.141. The lowest BCUT2D eigenvalue weighted by atomic mass is 9.99. The van der Waals surface area contributed by atoms with Crippen LogP contribution in [0.5, 0.6) is 5.75 Å². The van der Waals surface area contributed by atoms with Gasteiger partial charge in [-0.1, -0.05) is 24.6 Å². The highest BCUT2D eigenvalue weighted by molar-refractivity contribution is 5.92. The van der Waals surface area contributed by atoms with Crippen LogP contribution in [0.3, 0.4) is 0 Å². The Hall–Kier alpha value is -2.66. The lowest BCUT2D eigenvalue weighted by Crippen LogP contribution is -2.47. The summed E-state index contributed by atoms with van der Waals surface area (Å²) in [5.41, 5.74) is 2.81. The van der Waals surface area contributed by atoms with E-state index in [4.69, 9.17) is 9.97 Å². The smallest absolute Gasteiger partial charge is 0.165 e. The third-order valence-electron chi connectivity index (χ3n) is 6.65. The zero-order valence-corrected chi connectivity index (χ0v) is 17.7. The van der Waals surface area contributed by atoms with Crippen LogP contribution in [0.15, 0.2) is 42.5 Å². The lowest BCUT2D eigenvalue weighted by Gasteiger charge is -2.40. The molecule has 0 saturated carbocycles. The molecule has 2 aliphatic rings. The van der Waals surface area contributed by atoms with Gasteiger partial charge in [0.15, 0.2) is 5.82 Å². The number of aromatic hydroxyl groups is 1. The molecule has 0 unspecified atom stereocenters. The van der Waals surface area contributed by atoms with Crippen molar-refractivity contribution in [3.63, 3.8) is 0 Å². The molecular formula is C25H30N4O. The van der Waals surface area contributed by atoms with Crippen molar-refractivity contribution in [2.75, 3.05) is 31.1 Å². The van der Waals surface area contributed by atoms with Crippen molar-refractivity contribution in [1.82, 2.24) is 14.9 Å². The van der Waals surface area contributed by atoms with E-state index >= 15 is 0 Å². The van der Waals surface area contributed by atoms with Gasteiger partial charge in [-0.15, -0.1) is 0 Å². The van der Waals surface area contributed by atoms with Crippen LogP contribution in [-0.2, 0) is 0 Å². The van der Waals surface area contributed by atoms with Gasteiger partial charge in [0.1, 0.15) is 11.6 Å². The summed E-state index contributed by atoms with van der Waals surface area (Å²) in [7, 11) is 0. The van der Waals surface area contributed by atoms with E-state index in [1.165, 1.54) is 50.8 Å². The molecule has 5 heteroatoms. The molecule has 30 heavy (non-hydrogen) atoms. The number of aromatic nitrogens is 2. The minimum absolute atomic E-state index is 0.222. The van der Waals surface area contributed by atoms with Crippen molar-refractivity contribution in [2.24, 2.45) is 0 Å². The molecule has 0 bridgehead atoms. The van der Waals surface area contributed by atoms with E-state index in [2.05, 4.69) is 34.9 Å². The van der Waals surface area contributed by atoms with Gasteiger partial charge >= 0.3 is 0 Å². The highest BCUT2D eigenvalue weighted by atomic mass is 16.3. The molecule has 0 aliphatic carbocycles. The van der Waals surface area contributed by atoms with Crippen LogP contribution in [0.2, 0.25) is 0 Å². The fourth-order valence-corrected chi connectivity index (χ4v) is 4.97. The van der Waals surface area contributed by atoms with Crippen LogP contribution in [0, 0.1) is 6.92 Å². The number of hydrogen-bond acceptors (Lipinski definition) is 5. The van der Waals surface area contributed by atoms with E-state index in [9.17, 15) is 5.11 Å². The van der Waals surface area contributed by atoms with Gasteiger partial charge in [-0.25, -0.2) is 9.97 Å². The van der Waals surface area contributed by atoms with Gasteiger partial charge in [-0.3, -0.25) is 0 Å². The Bertz CT molecular complexity index is 1040. The molecule has 2 aliphatic heterocycles. The molecule has 3 aromatic rings. The molecule has 2 fully saturated rings. The molecular weight excluding hydrogens is 372 g/mol. The molecule has 0 atom stereocenters. The summed E-state index contributed by atoms with van der Waals surface area (Å²) >= 11 is 0. The number of phenols is 1. The first-order chi connectivity index (χ1) is 14.7. The molecule has 1 N–H and O–H groups in total. The second kappa shape index (κ2) is 8.23. The number of piperidine rings is 2. The zero-order chi connectivity index (χ0) is 20.5. The summed E-state index contributed by atoms with van der Waals surface area (Å²) in [6.45, 7) is 6.64. The third-order valence-corrected chi connectivity index (χ3v) is 6.65. The highest BCUT2D eigenvalue weighted by Crippen LogP contribution is 2.33. The van der Waals surface area contributed by atoms with Crippen molar-refractivity contribution in [3.05, 3.63) is 48.0 Å². The predicted molar refractivity (Wildman–Crippen MR) is 122 cm³/mol. The Morgan fingerprint density at radius 1 is 0.900 bits per heavy atom. The molecule has 1 aromatic heterocycles. The van der Waals surface area contributed by atoms with Crippen molar-refractivity contribution in [3.8, 4) is 17.1 Å². The van der Waals surface area contributed by atoms with Gasteiger partial charge in [0.05, 0.1) is 11.1 Å². The van der Waals surface area contributed by atoms with E-state index < -0.39 is 0 Å². The fourth-order valence-electron chi connectivity index (χ4n) is 4.97. The molecule has 0 spiro atoms. The number of benzene rings is 2. The number of para-hydroxylation sites is 1. The summed E-state index contributed by atoms with van der Waals surface area (Å²) in [5.74, 6) is 1.81. The first kappa shape index (κ1) is 19.3. The fraction of sp³-hybridized carbons (Fsp3) is 0.440. The van der Waals surface area contributed by atoms with E-state index in [0.29, 0.717) is 17.4 Å². The van der Waals surface area contributed by atoms with Crippen LogP contribution in [0.4, 0.5) is 5.82 Å². The van der Waals surface area contributed by atoms with Crippen molar-refractivity contribution < 1.29 is 5.11 Å². The van der Waals surface area contributed by atoms with Crippen LogP contribution in [0.25, 0.3) is 22.3 Å². The molecule has 0 amide bonds. The number of fused-ring (bicyclic) bond motifs is 1. The molecule has 3 heterocycles.